The van der Waals surface area contributed by atoms with E-state index in [9.17, 15) is 14.4 Å². The first kappa shape index (κ1) is 29.0. The summed E-state index contributed by atoms with van der Waals surface area (Å²) >= 11 is 0. The Morgan fingerprint density at radius 1 is 0.789 bits per heavy atom. The van der Waals surface area contributed by atoms with Crippen LogP contribution >= 0.6 is 21.6 Å². The van der Waals surface area contributed by atoms with Crippen molar-refractivity contribution < 1.29 is 19.1 Å². The molecule has 0 radical (unpaired) electrons. The molecule has 0 spiro atoms. The van der Waals surface area contributed by atoms with Gasteiger partial charge in [-0.3, -0.25) is 19.6 Å². The van der Waals surface area contributed by atoms with E-state index in [0.717, 1.165) is 11.3 Å². The van der Waals surface area contributed by atoms with Crippen LogP contribution in [0, 0.1) is 0 Å². The Kier molecular flexibility index (Phi) is 12.4. The van der Waals surface area contributed by atoms with Crippen LogP contribution in [0.4, 0.5) is 4.79 Å². The van der Waals surface area contributed by atoms with Gasteiger partial charge in [0.1, 0.15) is 12.6 Å². The summed E-state index contributed by atoms with van der Waals surface area (Å²) < 4.78 is 5.27. The molecule has 0 aliphatic heterocycles. The second kappa shape index (κ2) is 16.3. The quantitative estimate of drug-likeness (QED) is 0.174. The van der Waals surface area contributed by atoms with Crippen molar-refractivity contribution in [2.45, 2.75) is 31.8 Å². The van der Waals surface area contributed by atoms with Crippen LogP contribution in [0.3, 0.4) is 0 Å². The molecule has 1 unspecified atom stereocenters. The monoisotopic (exact) mass is 554 g/mol. The number of alkyl carbamates (subject to hydrolysis) is 1. The van der Waals surface area contributed by atoms with E-state index in [-0.39, 0.29) is 30.7 Å². The fourth-order valence-corrected chi connectivity index (χ4v) is 5.30. The van der Waals surface area contributed by atoms with Gasteiger partial charge in [-0.25, -0.2) is 4.79 Å². The van der Waals surface area contributed by atoms with Crippen molar-refractivity contribution in [1.82, 2.24) is 25.9 Å². The lowest BCUT2D eigenvalue weighted by Crippen LogP contribution is -2.48. The highest BCUT2D eigenvalue weighted by Gasteiger charge is 2.22. The van der Waals surface area contributed by atoms with E-state index < -0.39 is 18.2 Å². The van der Waals surface area contributed by atoms with Gasteiger partial charge < -0.3 is 26.4 Å². The van der Waals surface area contributed by atoms with Gasteiger partial charge in [-0.2, -0.15) is 0 Å². The molecule has 3 aromatic rings. The number of rotatable bonds is 14. The summed E-state index contributed by atoms with van der Waals surface area (Å²) in [5.74, 6) is -0.116. The number of ether oxygens (including phenoxy) is 1. The Labute approximate surface area is 229 Å². The molecule has 12 heteroatoms. The van der Waals surface area contributed by atoms with Gasteiger partial charge in [-0.1, -0.05) is 64.1 Å². The first-order chi connectivity index (χ1) is 18.5. The lowest BCUT2D eigenvalue weighted by molar-refractivity contribution is -0.123. The summed E-state index contributed by atoms with van der Waals surface area (Å²) in [6, 6.07) is 18.5. The first-order valence-corrected chi connectivity index (χ1v) is 14.3. The number of hydrogen-bond acceptors (Lipinski definition) is 9. The molecule has 0 fully saturated rings. The Hall–Kier alpha value is -3.61. The van der Waals surface area contributed by atoms with Crippen molar-refractivity contribution >= 4 is 39.5 Å². The molecule has 2 atom stereocenters. The Bertz CT molecular complexity index is 1140. The van der Waals surface area contributed by atoms with Gasteiger partial charge in [0.05, 0.1) is 30.5 Å². The topological polar surface area (TPSA) is 148 Å². The van der Waals surface area contributed by atoms with E-state index in [1.807, 2.05) is 48.5 Å². The lowest BCUT2D eigenvalue weighted by atomic mass is 10.2. The van der Waals surface area contributed by atoms with Gasteiger partial charge in [0.2, 0.25) is 11.8 Å². The number of nitrogens with one attached hydrogen (secondary N) is 3. The van der Waals surface area contributed by atoms with Crippen LogP contribution in [0.25, 0.3) is 0 Å². The predicted molar refractivity (Wildman–Crippen MR) is 149 cm³/mol. The zero-order valence-corrected chi connectivity index (χ0v) is 22.3. The second-order valence-corrected chi connectivity index (χ2v) is 10.6. The van der Waals surface area contributed by atoms with Crippen LogP contribution in [0.1, 0.15) is 17.0 Å². The SMILES string of the molecule is NC(CSSC[C@H](NC(=O)OCc1ccccc1)C(=O)NCc1ccccn1)C(=O)NCc1ccccn1. The van der Waals surface area contributed by atoms with Gasteiger partial charge in [-0.15, -0.1) is 0 Å². The van der Waals surface area contributed by atoms with Crippen LogP contribution in [-0.4, -0.2) is 51.5 Å². The van der Waals surface area contributed by atoms with Crippen LogP contribution in [0.15, 0.2) is 79.1 Å². The Balaban J connectivity index is 1.45. The molecule has 0 aliphatic carbocycles. The zero-order valence-electron chi connectivity index (χ0n) is 20.6. The van der Waals surface area contributed by atoms with E-state index in [0.29, 0.717) is 18.0 Å². The number of nitrogens with zero attached hydrogens (tertiary/aromatic N) is 2. The number of amides is 3. The molecule has 0 aliphatic rings. The van der Waals surface area contributed by atoms with Crippen LogP contribution in [-0.2, 0) is 34.0 Å². The van der Waals surface area contributed by atoms with Gasteiger partial charge in [0.25, 0.3) is 0 Å². The highest BCUT2D eigenvalue weighted by Crippen LogP contribution is 2.23. The van der Waals surface area contributed by atoms with Gasteiger partial charge in [0, 0.05) is 23.9 Å². The van der Waals surface area contributed by atoms with Crippen molar-refractivity contribution in [3.8, 4) is 0 Å². The van der Waals surface area contributed by atoms with E-state index in [4.69, 9.17) is 10.5 Å². The maximum absolute atomic E-state index is 12.9. The standard InChI is InChI=1S/C26H30N6O4S2/c27-22(24(33)30-14-20-10-4-6-12-28-20)17-37-38-18-23(25(34)31-15-21-11-5-7-13-29-21)32-26(35)36-16-19-8-2-1-3-9-19/h1-13,22-23H,14-18,27H2,(H,30,33)(H,31,34)(H,32,35)/t22?,23-/m0/s1. The third kappa shape index (κ3) is 10.8. The minimum atomic E-state index is -0.867. The summed E-state index contributed by atoms with van der Waals surface area (Å²) in [5, 5.41) is 8.18. The third-order valence-corrected chi connectivity index (χ3v) is 7.51. The molecule has 2 aromatic heterocycles. The number of hydrogen-bond donors (Lipinski definition) is 4. The largest absolute Gasteiger partial charge is 0.445 e. The molecule has 5 N–H and O–H groups in total. The van der Waals surface area contributed by atoms with Crippen LogP contribution in [0.2, 0.25) is 0 Å². The molecular weight excluding hydrogens is 524 g/mol. The molecule has 10 nitrogen and oxygen atoms in total. The smallest absolute Gasteiger partial charge is 0.408 e. The van der Waals surface area contributed by atoms with E-state index in [2.05, 4.69) is 25.9 Å². The number of nitrogens with two attached hydrogens (primary N) is 1. The lowest BCUT2D eigenvalue weighted by Gasteiger charge is -2.18. The molecule has 38 heavy (non-hydrogen) atoms. The fraction of sp³-hybridized carbons (Fsp3) is 0.269. The van der Waals surface area contributed by atoms with Crippen LogP contribution < -0.4 is 21.7 Å². The van der Waals surface area contributed by atoms with Crippen molar-refractivity contribution in [2.75, 3.05) is 11.5 Å². The maximum atomic E-state index is 12.9. The van der Waals surface area contributed by atoms with Crippen molar-refractivity contribution in [3.05, 3.63) is 96.1 Å². The van der Waals surface area contributed by atoms with Crippen LogP contribution in [0.5, 0.6) is 0 Å². The number of aromatic nitrogens is 2. The second-order valence-electron chi connectivity index (χ2n) is 8.01. The van der Waals surface area contributed by atoms with Gasteiger partial charge in [0.15, 0.2) is 0 Å². The van der Waals surface area contributed by atoms with Gasteiger partial charge in [-0.05, 0) is 29.8 Å². The number of carbonyl (C=O) groups is 3. The minimum absolute atomic E-state index is 0.0826. The van der Waals surface area contributed by atoms with Crippen molar-refractivity contribution in [2.24, 2.45) is 5.73 Å². The maximum Gasteiger partial charge on any atom is 0.408 e. The number of pyridine rings is 2. The molecule has 0 saturated heterocycles. The van der Waals surface area contributed by atoms with Gasteiger partial charge >= 0.3 is 6.09 Å². The van der Waals surface area contributed by atoms with Crippen molar-refractivity contribution in [3.63, 3.8) is 0 Å². The zero-order chi connectivity index (χ0) is 27.0. The summed E-state index contributed by atoms with van der Waals surface area (Å²) in [4.78, 5) is 45.9. The molecule has 3 amide bonds. The summed E-state index contributed by atoms with van der Waals surface area (Å²) in [7, 11) is 2.67. The number of carbonyl (C=O) groups excluding carboxylic acids is 3. The summed E-state index contributed by atoms with van der Waals surface area (Å²) in [5.41, 5.74) is 8.26. The average molecular weight is 555 g/mol. The fourth-order valence-electron chi connectivity index (χ4n) is 3.02. The summed E-state index contributed by atoms with van der Waals surface area (Å²) in [6.45, 7) is 0.591. The van der Waals surface area contributed by atoms with E-state index >= 15 is 0 Å². The molecule has 200 valence electrons. The van der Waals surface area contributed by atoms with E-state index in [1.165, 1.54) is 21.6 Å². The van der Waals surface area contributed by atoms with Crippen molar-refractivity contribution in [1.29, 1.82) is 0 Å². The van der Waals surface area contributed by atoms with E-state index in [1.54, 1.807) is 30.6 Å². The summed E-state index contributed by atoms with van der Waals surface area (Å²) in [6.07, 6.45) is 2.59. The molecule has 3 rings (SSSR count). The molecular formula is C26H30N6O4S2. The number of benzene rings is 1. The Morgan fingerprint density at radius 2 is 1.37 bits per heavy atom. The average Bonchev–Trinajstić information content (AvgIpc) is 2.96. The minimum Gasteiger partial charge on any atom is -0.445 e. The first-order valence-electron chi connectivity index (χ1n) is 11.8. The Morgan fingerprint density at radius 3 is 1.97 bits per heavy atom. The third-order valence-electron chi connectivity index (χ3n) is 5.06. The highest BCUT2D eigenvalue weighted by molar-refractivity contribution is 8.76. The predicted octanol–water partition coefficient (Wildman–Crippen LogP) is 2.41. The molecule has 0 saturated carbocycles. The molecule has 1 aromatic carbocycles. The molecule has 2 heterocycles. The highest BCUT2D eigenvalue weighted by atomic mass is 33.1. The normalized spacial score (nSPS) is 12.1. The molecule has 0 bridgehead atoms.